The molecule has 0 atom stereocenters. The minimum absolute atomic E-state index is 0.230. The fourth-order valence-corrected chi connectivity index (χ4v) is 3.23. The number of pyridine rings is 1. The molecule has 0 radical (unpaired) electrons. The van der Waals surface area contributed by atoms with E-state index in [1.54, 1.807) is 12.4 Å². The van der Waals surface area contributed by atoms with Gasteiger partial charge in [-0.2, -0.15) is 0 Å². The third-order valence-electron chi connectivity index (χ3n) is 3.51. The number of nitrogen functional groups attached to an aromatic ring is 1. The highest BCUT2D eigenvalue weighted by molar-refractivity contribution is 7.18. The molecule has 1 aliphatic rings. The number of aromatic nitrogens is 2. The Kier molecular flexibility index (Phi) is 3.74. The van der Waals surface area contributed by atoms with Crippen LogP contribution in [-0.2, 0) is 0 Å². The van der Waals surface area contributed by atoms with Crippen molar-refractivity contribution in [3.63, 3.8) is 0 Å². The van der Waals surface area contributed by atoms with Gasteiger partial charge in [-0.3, -0.25) is 9.78 Å². The second kappa shape index (κ2) is 5.69. The van der Waals surface area contributed by atoms with E-state index in [9.17, 15) is 4.79 Å². The molecule has 3 N–H and O–H groups in total. The van der Waals surface area contributed by atoms with Gasteiger partial charge in [0.2, 0.25) is 0 Å². The Morgan fingerprint density at radius 2 is 2.19 bits per heavy atom. The summed E-state index contributed by atoms with van der Waals surface area (Å²) in [5.74, 6) is 0.0625. The zero-order valence-corrected chi connectivity index (χ0v) is 12.6. The van der Waals surface area contributed by atoms with Gasteiger partial charge >= 0.3 is 0 Å². The molecule has 6 nitrogen and oxygen atoms in total. The largest absolute Gasteiger partial charge is 0.382 e. The molecule has 21 heavy (non-hydrogen) atoms. The fraction of sp³-hybridized carbons (Fsp3) is 0.357. The topological polar surface area (TPSA) is 84.1 Å². The van der Waals surface area contributed by atoms with E-state index >= 15 is 0 Å². The van der Waals surface area contributed by atoms with Crippen LogP contribution >= 0.6 is 11.3 Å². The molecule has 1 fully saturated rings. The number of nitrogens with two attached hydrogens (primary N) is 1. The van der Waals surface area contributed by atoms with Crippen LogP contribution in [0.15, 0.2) is 18.5 Å². The number of nitrogens with one attached hydrogen (secondary N) is 1. The maximum Gasteiger partial charge on any atom is 0.269 e. The molecule has 0 unspecified atom stereocenters. The summed E-state index contributed by atoms with van der Waals surface area (Å²) in [5, 5.41) is 3.67. The van der Waals surface area contributed by atoms with E-state index in [2.05, 4.69) is 20.2 Å². The number of amides is 1. The van der Waals surface area contributed by atoms with Gasteiger partial charge in [0.1, 0.15) is 10.7 Å². The summed E-state index contributed by atoms with van der Waals surface area (Å²) in [6, 6.07) is 1.85. The number of hydrogen-bond donors (Lipinski definition) is 2. The second-order valence-corrected chi connectivity index (χ2v) is 6.03. The zero-order chi connectivity index (χ0) is 14.8. The van der Waals surface area contributed by atoms with Crippen LogP contribution in [-0.4, -0.2) is 29.0 Å². The highest BCUT2D eigenvalue weighted by Gasteiger charge is 2.21. The first-order valence-corrected chi connectivity index (χ1v) is 7.70. The Balaban J connectivity index is 1.80. The van der Waals surface area contributed by atoms with Crippen molar-refractivity contribution in [2.45, 2.75) is 19.8 Å². The van der Waals surface area contributed by atoms with Gasteiger partial charge in [0.15, 0.2) is 5.13 Å². The molecule has 1 saturated heterocycles. The van der Waals surface area contributed by atoms with Gasteiger partial charge < -0.3 is 16.0 Å². The Morgan fingerprint density at radius 1 is 1.43 bits per heavy atom. The van der Waals surface area contributed by atoms with Crippen molar-refractivity contribution in [1.29, 1.82) is 0 Å². The number of carbonyl (C=O) groups excluding carboxylic acids is 1. The number of thiazole rings is 1. The highest BCUT2D eigenvalue weighted by atomic mass is 32.1. The van der Waals surface area contributed by atoms with Crippen molar-refractivity contribution < 1.29 is 4.79 Å². The van der Waals surface area contributed by atoms with Crippen LogP contribution in [0.1, 0.15) is 28.1 Å². The molecule has 1 amide bonds. The van der Waals surface area contributed by atoms with Crippen LogP contribution in [0.4, 0.5) is 16.6 Å². The Morgan fingerprint density at radius 3 is 2.90 bits per heavy atom. The van der Waals surface area contributed by atoms with Crippen LogP contribution < -0.4 is 16.0 Å². The minimum atomic E-state index is -0.230. The van der Waals surface area contributed by atoms with Gasteiger partial charge in [-0.25, -0.2) is 4.98 Å². The highest BCUT2D eigenvalue weighted by Crippen LogP contribution is 2.31. The van der Waals surface area contributed by atoms with Crippen LogP contribution in [0.2, 0.25) is 0 Å². The summed E-state index contributed by atoms with van der Waals surface area (Å²) in [6.45, 7) is 3.88. The van der Waals surface area contributed by atoms with Crippen molar-refractivity contribution in [2.75, 3.05) is 29.0 Å². The predicted molar refractivity (Wildman–Crippen MR) is 84.9 cm³/mol. The summed E-state index contributed by atoms with van der Waals surface area (Å²) >= 11 is 1.35. The number of carbonyl (C=O) groups is 1. The molecule has 1 aliphatic heterocycles. The standard InChI is InChI=1S/C14H17N5OS/c1-9-4-5-16-8-10(9)17-13(20)11-12(15)18-14(21-11)19-6-2-3-7-19/h4-5,8H,2-3,6-7,15H2,1H3,(H,17,20). The number of hydrogen-bond acceptors (Lipinski definition) is 6. The Labute approximate surface area is 127 Å². The van der Waals surface area contributed by atoms with E-state index in [4.69, 9.17) is 5.73 Å². The average molecular weight is 303 g/mol. The van der Waals surface area contributed by atoms with Gasteiger partial charge in [0.25, 0.3) is 5.91 Å². The van der Waals surface area contributed by atoms with Crippen molar-refractivity contribution in [2.24, 2.45) is 0 Å². The maximum absolute atomic E-state index is 12.3. The molecule has 3 rings (SSSR count). The second-order valence-electron chi connectivity index (χ2n) is 5.05. The molecule has 0 saturated carbocycles. The van der Waals surface area contributed by atoms with Gasteiger partial charge in [0.05, 0.1) is 11.9 Å². The van der Waals surface area contributed by atoms with E-state index in [0.29, 0.717) is 16.4 Å². The molecule has 110 valence electrons. The average Bonchev–Trinajstić information content (AvgIpc) is 3.10. The summed E-state index contributed by atoms with van der Waals surface area (Å²) < 4.78 is 0. The molecule has 7 heteroatoms. The molecular formula is C14H17N5OS. The smallest absolute Gasteiger partial charge is 0.269 e. The number of nitrogens with zero attached hydrogens (tertiary/aromatic N) is 3. The monoisotopic (exact) mass is 303 g/mol. The maximum atomic E-state index is 12.3. The minimum Gasteiger partial charge on any atom is -0.382 e. The lowest BCUT2D eigenvalue weighted by Crippen LogP contribution is -2.17. The number of anilines is 3. The van der Waals surface area contributed by atoms with Gasteiger partial charge in [-0.1, -0.05) is 11.3 Å². The van der Waals surface area contributed by atoms with Crippen molar-refractivity contribution in [1.82, 2.24) is 9.97 Å². The first-order valence-electron chi connectivity index (χ1n) is 6.88. The Hall–Kier alpha value is -2.15. The van der Waals surface area contributed by atoms with Crippen molar-refractivity contribution in [3.8, 4) is 0 Å². The van der Waals surface area contributed by atoms with Crippen LogP contribution in [0.3, 0.4) is 0 Å². The fourth-order valence-electron chi connectivity index (χ4n) is 2.30. The van der Waals surface area contributed by atoms with E-state index in [-0.39, 0.29) is 5.91 Å². The molecule has 2 aromatic rings. The SMILES string of the molecule is Cc1ccncc1NC(=O)c1sc(N2CCCC2)nc1N. The van der Waals surface area contributed by atoms with E-state index in [1.807, 2.05) is 13.0 Å². The molecule has 2 aromatic heterocycles. The normalized spacial score (nSPS) is 14.4. The molecule has 0 bridgehead atoms. The van der Waals surface area contributed by atoms with Crippen molar-refractivity contribution >= 4 is 33.9 Å². The summed E-state index contributed by atoms with van der Waals surface area (Å²) in [4.78, 5) is 23.3. The first kappa shape index (κ1) is 13.8. The summed E-state index contributed by atoms with van der Waals surface area (Å²) in [7, 11) is 0. The molecule has 0 aromatic carbocycles. The third-order valence-corrected chi connectivity index (χ3v) is 4.64. The van der Waals surface area contributed by atoms with Crippen LogP contribution in [0, 0.1) is 6.92 Å². The lowest BCUT2D eigenvalue weighted by atomic mass is 10.2. The summed E-state index contributed by atoms with van der Waals surface area (Å²) in [5.41, 5.74) is 7.55. The molecule has 0 aliphatic carbocycles. The Bertz CT molecular complexity index is 663. The quantitative estimate of drug-likeness (QED) is 0.908. The van der Waals surface area contributed by atoms with E-state index in [1.165, 1.54) is 11.3 Å². The van der Waals surface area contributed by atoms with Crippen LogP contribution in [0.5, 0.6) is 0 Å². The number of rotatable bonds is 3. The molecule has 3 heterocycles. The van der Waals surface area contributed by atoms with Crippen LogP contribution in [0.25, 0.3) is 0 Å². The van der Waals surface area contributed by atoms with Crippen molar-refractivity contribution in [3.05, 3.63) is 28.9 Å². The van der Waals surface area contributed by atoms with Gasteiger partial charge in [0, 0.05) is 19.3 Å². The number of aryl methyl sites for hydroxylation is 1. The first-order chi connectivity index (χ1) is 10.1. The van der Waals surface area contributed by atoms with E-state index in [0.717, 1.165) is 36.6 Å². The van der Waals surface area contributed by atoms with E-state index < -0.39 is 0 Å². The van der Waals surface area contributed by atoms with Gasteiger partial charge in [-0.15, -0.1) is 0 Å². The summed E-state index contributed by atoms with van der Waals surface area (Å²) in [6.07, 6.45) is 5.65. The lowest BCUT2D eigenvalue weighted by Gasteiger charge is -2.11. The predicted octanol–water partition coefficient (Wildman–Crippen LogP) is 2.28. The zero-order valence-electron chi connectivity index (χ0n) is 11.8. The molecular weight excluding hydrogens is 286 g/mol. The lowest BCUT2D eigenvalue weighted by molar-refractivity contribution is 0.103. The third kappa shape index (κ3) is 2.82. The van der Waals surface area contributed by atoms with Gasteiger partial charge in [-0.05, 0) is 31.4 Å². The molecule has 0 spiro atoms.